The van der Waals surface area contributed by atoms with Gasteiger partial charge in [0.2, 0.25) is 0 Å². The molecule has 196 valence electrons. The van der Waals surface area contributed by atoms with Crippen molar-refractivity contribution in [3.63, 3.8) is 0 Å². The number of nitrogens with zero attached hydrogens (tertiary/aromatic N) is 1. The smallest absolute Gasteiger partial charge is 0.160 e. The first-order valence-corrected chi connectivity index (χ1v) is 14.8. The molecular weight excluding hydrogens is 494 g/mol. The highest BCUT2D eigenvalue weighted by atomic mass is 32.2. The first kappa shape index (κ1) is 25.7. The van der Waals surface area contributed by atoms with E-state index in [1.54, 1.807) is 18.7 Å². The second kappa shape index (κ2) is 9.27. The van der Waals surface area contributed by atoms with Crippen LogP contribution in [0.2, 0.25) is 0 Å². The Morgan fingerprint density at radius 1 is 0.718 bits per heavy atom. The molecule has 2 nitrogen and oxygen atoms in total. The van der Waals surface area contributed by atoms with Crippen molar-refractivity contribution in [1.82, 2.24) is 4.90 Å². The van der Waals surface area contributed by atoms with Crippen molar-refractivity contribution in [3.8, 4) is 0 Å². The number of thioether (sulfide) groups is 1. The van der Waals surface area contributed by atoms with Gasteiger partial charge in [-0.05, 0) is 56.6 Å². The molecule has 0 spiro atoms. The Morgan fingerprint density at radius 3 is 1.69 bits per heavy atom. The molecular formula is C36H35NOS. The van der Waals surface area contributed by atoms with Crippen LogP contribution in [0.3, 0.4) is 0 Å². The van der Waals surface area contributed by atoms with Crippen molar-refractivity contribution < 1.29 is 4.79 Å². The maximum atomic E-state index is 12.9. The molecule has 0 saturated heterocycles. The molecule has 3 heteroatoms. The van der Waals surface area contributed by atoms with E-state index in [1.165, 1.54) is 43.4 Å². The quantitative estimate of drug-likeness (QED) is 0.119. The Kier molecular flexibility index (Phi) is 6.11. The minimum absolute atomic E-state index is 0.0792. The summed E-state index contributed by atoms with van der Waals surface area (Å²) in [5.41, 5.74) is 6.20. The van der Waals surface area contributed by atoms with Gasteiger partial charge in [-0.25, -0.2) is 0 Å². The molecule has 1 aliphatic heterocycles. The largest absolute Gasteiger partial charge is 0.341 e. The van der Waals surface area contributed by atoms with Crippen molar-refractivity contribution in [2.24, 2.45) is 11.8 Å². The monoisotopic (exact) mass is 529 g/mol. The van der Waals surface area contributed by atoms with Gasteiger partial charge in [0.1, 0.15) is 0 Å². The van der Waals surface area contributed by atoms with Gasteiger partial charge in [-0.2, -0.15) is 0 Å². The summed E-state index contributed by atoms with van der Waals surface area (Å²) in [5, 5.41) is 9.40. The minimum atomic E-state index is 0.0792. The molecule has 39 heavy (non-hydrogen) atoms. The van der Waals surface area contributed by atoms with Crippen molar-refractivity contribution in [3.05, 3.63) is 90.5 Å². The summed E-state index contributed by atoms with van der Waals surface area (Å²) < 4.78 is 0. The van der Waals surface area contributed by atoms with Crippen LogP contribution in [0.1, 0.15) is 61.7 Å². The maximum Gasteiger partial charge on any atom is 0.160 e. The first-order valence-electron chi connectivity index (χ1n) is 13.8. The van der Waals surface area contributed by atoms with Gasteiger partial charge < -0.3 is 4.90 Å². The fraction of sp³-hybridized carbons (Fsp3) is 0.250. The summed E-state index contributed by atoms with van der Waals surface area (Å²) >= 11 is 1.78. The zero-order chi connectivity index (χ0) is 27.7. The summed E-state index contributed by atoms with van der Waals surface area (Å²) in [6, 6.07) is 17.5. The number of ketones is 1. The van der Waals surface area contributed by atoms with Crippen LogP contribution in [-0.4, -0.2) is 23.0 Å². The molecule has 0 aliphatic carbocycles. The third-order valence-electron chi connectivity index (χ3n) is 7.99. The van der Waals surface area contributed by atoms with E-state index in [0.29, 0.717) is 11.8 Å². The SMILES string of the molecule is C=C(SCC(C)C)c1ccc2c3ccc4c5c(ccc(c6ccc(C(C)=O)c1c26)c53)C(=C)N(CC(C)C)C4=C. The number of rotatable bonds is 7. The van der Waals surface area contributed by atoms with Crippen LogP contribution < -0.4 is 0 Å². The summed E-state index contributed by atoms with van der Waals surface area (Å²) in [6.45, 7) is 24.9. The molecule has 6 rings (SSSR count). The molecule has 1 aliphatic rings. The number of carbonyl (C=O) groups excluding carboxylic acids is 1. The number of carbonyl (C=O) groups is 1. The lowest BCUT2D eigenvalue weighted by Crippen LogP contribution is -2.27. The Hall–Kier alpha value is -3.56. The molecule has 1 heterocycles. The number of hydrogen-bond acceptors (Lipinski definition) is 3. The van der Waals surface area contributed by atoms with Gasteiger partial charge in [0.05, 0.1) is 0 Å². The summed E-state index contributed by atoms with van der Waals surface area (Å²) in [6.07, 6.45) is 0. The lowest BCUT2D eigenvalue weighted by atomic mass is 9.82. The van der Waals surface area contributed by atoms with Gasteiger partial charge >= 0.3 is 0 Å². The summed E-state index contributed by atoms with van der Waals surface area (Å²) in [7, 11) is 0. The van der Waals surface area contributed by atoms with Crippen LogP contribution in [0.5, 0.6) is 0 Å². The molecule has 0 amide bonds. The molecule has 0 bridgehead atoms. The predicted molar refractivity (Wildman–Crippen MR) is 174 cm³/mol. The van der Waals surface area contributed by atoms with Crippen LogP contribution in [0.4, 0.5) is 0 Å². The van der Waals surface area contributed by atoms with E-state index in [2.05, 4.69) is 94.8 Å². The van der Waals surface area contributed by atoms with Gasteiger partial charge in [-0.15, -0.1) is 11.8 Å². The number of fused-ring (bicyclic) bond motifs is 2. The maximum absolute atomic E-state index is 12.9. The average molecular weight is 530 g/mol. The Bertz CT molecular complexity index is 1800. The fourth-order valence-electron chi connectivity index (χ4n) is 6.28. The highest BCUT2D eigenvalue weighted by Gasteiger charge is 2.28. The van der Waals surface area contributed by atoms with Gasteiger partial charge in [0, 0.05) is 56.1 Å². The van der Waals surface area contributed by atoms with Crippen molar-refractivity contribution in [2.75, 3.05) is 12.3 Å². The van der Waals surface area contributed by atoms with Crippen LogP contribution >= 0.6 is 11.8 Å². The second-order valence-electron chi connectivity index (χ2n) is 11.7. The van der Waals surface area contributed by atoms with E-state index < -0.39 is 0 Å². The molecule has 0 aromatic heterocycles. The number of Topliss-reactive ketones (excluding diaryl/α,β-unsaturated/α-hetero) is 1. The van der Waals surface area contributed by atoms with Gasteiger partial charge in [-0.1, -0.05) is 96.0 Å². The van der Waals surface area contributed by atoms with E-state index in [9.17, 15) is 4.79 Å². The van der Waals surface area contributed by atoms with E-state index >= 15 is 0 Å². The molecule has 0 atom stereocenters. The molecule has 0 saturated carbocycles. The third-order valence-corrected chi connectivity index (χ3v) is 9.40. The molecule has 0 unspecified atom stereocenters. The van der Waals surface area contributed by atoms with E-state index in [-0.39, 0.29) is 5.78 Å². The van der Waals surface area contributed by atoms with Crippen LogP contribution in [0.15, 0.2) is 68.3 Å². The van der Waals surface area contributed by atoms with E-state index in [0.717, 1.165) is 50.5 Å². The van der Waals surface area contributed by atoms with E-state index in [4.69, 9.17) is 0 Å². The lowest BCUT2D eigenvalue weighted by molar-refractivity contribution is 0.101. The Labute approximate surface area is 235 Å². The molecule has 0 fully saturated rings. The van der Waals surface area contributed by atoms with Crippen LogP contribution in [0.25, 0.3) is 59.4 Å². The van der Waals surface area contributed by atoms with Crippen molar-refractivity contribution in [2.45, 2.75) is 34.6 Å². The lowest BCUT2D eigenvalue weighted by Gasteiger charge is -2.36. The normalized spacial score (nSPS) is 13.8. The highest BCUT2D eigenvalue weighted by molar-refractivity contribution is 8.08. The van der Waals surface area contributed by atoms with Crippen LogP contribution in [0, 0.1) is 11.8 Å². The van der Waals surface area contributed by atoms with Gasteiger partial charge in [-0.3, -0.25) is 4.79 Å². The predicted octanol–water partition coefficient (Wildman–Crippen LogP) is 10.2. The number of benzene rings is 5. The van der Waals surface area contributed by atoms with Gasteiger partial charge in [0.15, 0.2) is 5.78 Å². The van der Waals surface area contributed by atoms with Crippen molar-refractivity contribution in [1.29, 1.82) is 0 Å². The Balaban J connectivity index is 1.72. The molecule has 0 N–H and O–H groups in total. The van der Waals surface area contributed by atoms with Gasteiger partial charge in [0.25, 0.3) is 0 Å². The zero-order valence-electron chi connectivity index (χ0n) is 23.6. The minimum Gasteiger partial charge on any atom is -0.341 e. The molecule has 5 aromatic rings. The topological polar surface area (TPSA) is 20.3 Å². The molecule has 0 radical (unpaired) electrons. The average Bonchev–Trinajstić information content (AvgIpc) is 2.90. The fourth-order valence-corrected chi connectivity index (χ4v) is 7.14. The first-order chi connectivity index (χ1) is 18.6. The number of hydrogen-bond donors (Lipinski definition) is 0. The third kappa shape index (κ3) is 3.82. The molecule has 5 aromatic carbocycles. The highest BCUT2D eigenvalue weighted by Crippen LogP contribution is 2.49. The van der Waals surface area contributed by atoms with Crippen LogP contribution in [-0.2, 0) is 0 Å². The van der Waals surface area contributed by atoms with E-state index in [1.807, 2.05) is 6.07 Å². The summed E-state index contributed by atoms with van der Waals surface area (Å²) in [4.78, 5) is 16.2. The zero-order valence-corrected chi connectivity index (χ0v) is 24.4. The summed E-state index contributed by atoms with van der Waals surface area (Å²) in [5.74, 6) is 2.13. The second-order valence-corrected chi connectivity index (χ2v) is 12.8. The van der Waals surface area contributed by atoms with Crippen molar-refractivity contribution >= 4 is 76.9 Å². The standard InChI is InChI=1S/C36H35NOS/c1-19(2)17-37-21(5)25-9-13-29-31-15-11-27(23(7)38)34-28(24(8)39-18-20(3)4)12-16-32(36(31)34)30-14-10-26(22(37)6)33(25)35(29)30/h9-16,19-20H,5-6,8,17-18H2,1-4,7H3. The Morgan fingerprint density at radius 2 is 1.21 bits per heavy atom.